The second kappa shape index (κ2) is 3.55. The smallest absolute Gasteiger partial charge is 0.246 e. The SMILES string of the molecule is Cc1nc(N)sc1C1CNC(=O)CO1. The van der Waals surface area contributed by atoms with E-state index >= 15 is 0 Å². The molecule has 3 N–H and O–H groups in total. The highest BCUT2D eigenvalue weighted by Crippen LogP contribution is 2.29. The second-order valence-corrected chi connectivity index (χ2v) is 4.17. The predicted molar refractivity (Wildman–Crippen MR) is 53.0 cm³/mol. The minimum Gasteiger partial charge on any atom is -0.375 e. The van der Waals surface area contributed by atoms with E-state index < -0.39 is 0 Å². The number of rotatable bonds is 1. The molecule has 2 rings (SSSR count). The fourth-order valence-corrected chi connectivity index (χ4v) is 2.27. The first-order valence-corrected chi connectivity index (χ1v) is 5.09. The summed E-state index contributed by atoms with van der Waals surface area (Å²) in [5.74, 6) is -0.0728. The maximum atomic E-state index is 10.9. The van der Waals surface area contributed by atoms with Crippen molar-refractivity contribution in [2.75, 3.05) is 18.9 Å². The van der Waals surface area contributed by atoms with Gasteiger partial charge in [0.15, 0.2) is 5.13 Å². The number of thiazole rings is 1. The van der Waals surface area contributed by atoms with Crippen LogP contribution in [0.1, 0.15) is 16.7 Å². The Morgan fingerprint density at radius 2 is 2.50 bits per heavy atom. The Bertz CT molecular complexity index is 353. The van der Waals surface area contributed by atoms with Crippen molar-refractivity contribution in [3.8, 4) is 0 Å². The van der Waals surface area contributed by atoms with E-state index in [4.69, 9.17) is 10.5 Å². The number of aryl methyl sites for hydroxylation is 1. The van der Waals surface area contributed by atoms with Gasteiger partial charge in [0.2, 0.25) is 5.91 Å². The molecule has 1 aliphatic heterocycles. The van der Waals surface area contributed by atoms with Crippen molar-refractivity contribution in [3.05, 3.63) is 10.6 Å². The Morgan fingerprint density at radius 1 is 1.71 bits per heavy atom. The van der Waals surface area contributed by atoms with Gasteiger partial charge in [-0.2, -0.15) is 0 Å². The van der Waals surface area contributed by atoms with Gasteiger partial charge in [-0.05, 0) is 6.92 Å². The lowest BCUT2D eigenvalue weighted by atomic mass is 10.2. The van der Waals surface area contributed by atoms with Crippen molar-refractivity contribution in [1.82, 2.24) is 10.3 Å². The number of nitrogens with zero attached hydrogens (tertiary/aromatic N) is 1. The summed E-state index contributed by atoms with van der Waals surface area (Å²) in [6.07, 6.45) is -0.0949. The molecule has 1 aromatic heterocycles. The molecule has 76 valence electrons. The number of morpholine rings is 1. The van der Waals surface area contributed by atoms with Gasteiger partial charge in [-0.3, -0.25) is 4.79 Å². The molecule has 0 aromatic carbocycles. The summed E-state index contributed by atoms with van der Waals surface area (Å²) in [6, 6.07) is 0. The van der Waals surface area contributed by atoms with Crippen molar-refractivity contribution in [2.24, 2.45) is 0 Å². The summed E-state index contributed by atoms with van der Waals surface area (Å²) in [7, 11) is 0. The number of ether oxygens (including phenoxy) is 1. The summed E-state index contributed by atoms with van der Waals surface area (Å²) >= 11 is 1.41. The Morgan fingerprint density at radius 3 is 3.00 bits per heavy atom. The second-order valence-electron chi connectivity index (χ2n) is 3.11. The van der Waals surface area contributed by atoms with Crippen molar-refractivity contribution in [1.29, 1.82) is 0 Å². The zero-order valence-corrected chi connectivity index (χ0v) is 8.56. The van der Waals surface area contributed by atoms with Crippen LogP contribution in [0.3, 0.4) is 0 Å². The van der Waals surface area contributed by atoms with Crippen LogP contribution in [0.5, 0.6) is 0 Å². The zero-order chi connectivity index (χ0) is 10.1. The van der Waals surface area contributed by atoms with Gasteiger partial charge < -0.3 is 15.8 Å². The van der Waals surface area contributed by atoms with Gasteiger partial charge in [0.25, 0.3) is 0 Å². The highest BCUT2D eigenvalue weighted by Gasteiger charge is 2.23. The molecule has 5 nitrogen and oxygen atoms in total. The standard InChI is InChI=1S/C8H11N3O2S/c1-4-7(14-8(9)11-4)5-2-10-6(12)3-13-5/h5H,2-3H2,1H3,(H2,9,11)(H,10,12). The third-order valence-corrected chi connectivity index (χ3v) is 3.12. The van der Waals surface area contributed by atoms with Gasteiger partial charge >= 0.3 is 0 Å². The summed E-state index contributed by atoms with van der Waals surface area (Å²) in [6.45, 7) is 2.51. The minimum atomic E-state index is -0.0949. The first-order valence-electron chi connectivity index (χ1n) is 4.28. The first-order chi connectivity index (χ1) is 6.66. The average molecular weight is 213 g/mol. The summed E-state index contributed by atoms with van der Waals surface area (Å²) < 4.78 is 5.37. The Labute approximate surface area is 85.3 Å². The number of carbonyl (C=O) groups is 1. The fourth-order valence-electron chi connectivity index (χ4n) is 1.39. The molecule has 1 saturated heterocycles. The van der Waals surface area contributed by atoms with Crippen LogP contribution in [0.15, 0.2) is 0 Å². The van der Waals surface area contributed by atoms with Crippen LogP contribution in [-0.2, 0) is 9.53 Å². The lowest BCUT2D eigenvalue weighted by molar-refractivity contribution is -0.133. The number of amides is 1. The molecule has 14 heavy (non-hydrogen) atoms. The first kappa shape index (κ1) is 9.42. The summed E-state index contributed by atoms with van der Waals surface area (Å²) in [5.41, 5.74) is 6.46. The molecule has 1 fully saturated rings. The quantitative estimate of drug-likeness (QED) is 0.699. The fraction of sp³-hybridized carbons (Fsp3) is 0.500. The molecule has 1 unspecified atom stereocenters. The summed E-state index contributed by atoms with van der Waals surface area (Å²) in [4.78, 5) is 16.0. The maximum absolute atomic E-state index is 10.9. The van der Waals surface area contributed by atoms with Gasteiger partial charge in [0.1, 0.15) is 12.7 Å². The van der Waals surface area contributed by atoms with Gasteiger partial charge in [-0.25, -0.2) is 4.98 Å². The van der Waals surface area contributed by atoms with E-state index in [-0.39, 0.29) is 18.6 Å². The molecule has 1 aromatic rings. The van der Waals surface area contributed by atoms with Crippen molar-refractivity contribution >= 4 is 22.4 Å². The lowest BCUT2D eigenvalue weighted by Gasteiger charge is -2.22. The molecule has 0 saturated carbocycles. The predicted octanol–water partition coefficient (Wildman–Crippen LogP) is 0.221. The van der Waals surface area contributed by atoms with E-state index in [0.29, 0.717) is 11.7 Å². The molecule has 6 heteroatoms. The molecule has 0 radical (unpaired) electrons. The van der Waals surface area contributed by atoms with Crippen molar-refractivity contribution < 1.29 is 9.53 Å². The number of nitrogens with one attached hydrogen (secondary N) is 1. The number of hydrogen-bond donors (Lipinski definition) is 2. The summed E-state index contributed by atoms with van der Waals surface area (Å²) in [5, 5.41) is 3.28. The molecule has 1 amide bonds. The maximum Gasteiger partial charge on any atom is 0.246 e. The average Bonchev–Trinajstić information content (AvgIpc) is 2.47. The normalized spacial score (nSPS) is 22.1. The molecular formula is C8H11N3O2S. The molecule has 1 aliphatic rings. The van der Waals surface area contributed by atoms with Crippen LogP contribution in [0.25, 0.3) is 0 Å². The minimum absolute atomic E-state index is 0.0728. The third-order valence-electron chi connectivity index (χ3n) is 2.04. The molecule has 1 atom stereocenters. The number of nitrogen functional groups attached to an aromatic ring is 1. The van der Waals surface area contributed by atoms with E-state index in [1.165, 1.54) is 11.3 Å². The topological polar surface area (TPSA) is 77.2 Å². The van der Waals surface area contributed by atoms with Crippen LogP contribution in [0.4, 0.5) is 5.13 Å². The molecular weight excluding hydrogens is 202 g/mol. The van der Waals surface area contributed by atoms with E-state index in [1.54, 1.807) is 0 Å². The Balaban J connectivity index is 2.15. The van der Waals surface area contributed by atoms with E-state index in [0.717, 1.165) is 10.6 Å². The van der Waals surface area contributed by atoms with Crippen LogP contribution in [0, 0.1) is 6.92 Å². The largest absolute Gasteiger partial charge is 0.375 e. The van der Waals surface area contributed by atoms with Crippen LogP contribution >= 0.6 is 11.3 Å². The number of hydrogen-bond acceptors (Lipinski definition) is 5. The highest BCUT2D eigenvalue weighted by molar-refractivity contribution is 7.15. The van der Waals surface area contributed by atoms with Crippen molar-refractivity contribution in [2.45, 2.75) is 13.0 Å². The van der Waals surface area contributed by atoms with Crippen LogP contribution in [0.2, 0.25) is 0 Å². The highest BCUT2D eigenvalue weighted by atomic mass is 32.1. The molecule has 2 heterocycles. The lowest BCUT2D eigenvalue weighted by Crippen LogP contribution is -2.38. The number of anilines is 1. The van der Waals surface area contributed by atoms with Crippen molar-refractivity contribution in [3.63, 3.8) is 0 Å². The Kier molecular flexibility index (Phi) is 2.39. The van der Waals surface area contributed by atoms with Gasteiger partial charge in [0, 0.05) is 6.54 Å². The van der Waals surface area contributed by atoms with Gasteiger partial charge in [0.05, 0.1) is 10.6 Å². The van der Waals surface area contributed by atoms with E-state index in [9.17, 15) is 4.79 Å². The van der Waals surface area contributed by atoms with Gasteiger partial charge in [-0.15, -0.1) is 0 Å². The molecule has 0 bridgehead atoms. The number of carbonyl (C=O) groups excluding carboxylic acids is 1. The third kappa shape index (κ3) is 1.71. The molecule has 0 aliphatic carbocycles. The van der Waals surface area contributed by atoms with E-state index in [2.05, 4.69) is 10.3 Å². The van der Waals surface area contributed by atoms with Gasteiger partial charge in [-0.1, -0.05) is 11.3 Å². The monoisotopic (exact) mass is 213 g/mol. The number of nitrogens with two attached hydrogens (primary N) is 1. The van der Waals surface area contributed by atoms with Crippen LogP contribution in [-0.4, -0.2) is 24.0 Å². The van der Waals surface area contributed by atoms with Crippen LogP contribution < -0.4 is 11.1 Å². The molecule has 0 spiro atoms. The number of aromatic nitrogens is 1. The van der Waals surface area contributed by atoms with E-state index in [1.807, 2.05) is 6.92 Å². The Hall–Kier alpha value is -1.14. The zero-order valence-electron chi connectivity index (χ0n) is 7.74.